The van der Waals surface area contributed by atoms with Crippen molar-refractivity contribution in [1.82, 2.24) is 19.3 Å². The van der Waals surface area contributed by atoms with Gasteiger partial charge < -0.3 is 24.5 Å². The molecule has 0 radical (unpaired) electrons. The molecule has 4 aromatic rings. The Kier molecular flexibility index (Phi) is 5.02. The van der Waals surface area contributed by atoms with Gasteiger partial charge in [-0.05, 0) is 24.3 Å². The molecule has 3 aromatic heterocycles. The summed E-state index contributed by atoms with van der Waals surface area (Å²) >= 11 is 0. The maximum absolute atomic E-state index is 12.2. The number of carbonyl (C=O) groups excluding carboxylic acids is 1. The minimum Gasteiger partial charge on any atom is -0.493 e. The van der Waals surface area contributed by atoms with E-state index < -0.39 is 0 Å². The highest BCUT2D eigenvalue weighted by atomic mass is 16.5. The van der Waals surface area contributed by atoms with E-state index in [1.54, 1.807) is 32.5 Å². The van der Waals surface area contributed by atoms with Crippen LogP contribution in [0.15, 0.2) is 36.7 Å². The Morgan fingerprint density at radius 3 is 2.35 bits per heavy atom. The topological polar surface area (TPSA) is 106 Å². The van der Waals surface area contributed by atoms with Gasteiger partial charge in [0.15, 0.2) is 11.5 Å². The summed E-state index contributed by atoms with van der Waals surface area (Å²) in [5.74, 6) is 1.35. The number of carbonyl (C=O) groups is 1. The molecule has 0 atom stereocenters. The Bertz CT molecular complexity index is 1280. The molecule has 31 heavy (non-hydrogen) atoms. The van der Waals surface area contributed by atoms with Crippen molar-refractivity contribution >= 4 is 22.8 Å². The largest absolute Gasteiger partial charge is 0.493 e. The van der Waals surface area contributed by atoms with Gasteiger partial charge in [-0.25, -0.2) is 4.98 Å². The fourth-order valence-electron chi connectivity index (χ4n) is 3.77. The van der Waals surface area contributed by atoms with Gasteiger partial charge in [-0.3, -0.25) is 4.79 Å². The van der Waals surface area contributed by atoms with Crippen LogP contribution in [0, 0.1) is 0 Å². The molecular weight excluding hydrogens is 398 g/mol. The summed E-state index contributed by atoms with van der Waals surface area (Å²) in [5, 5.41) is 5.44. The van der Waals surface area contributed by atoms with Crippen LogP contribution in [0.1, 0.15) is 11.7 Å². The predicted molar refractivity (Wildman–Crippen MR) is 118 cm³/mol. The van der Waals surface area contributed by atoms with E-state index in [9.17, 15) is 4.79 Å². The highest BCUT2D eigenvalue weighted by Gasteiger charge is 2.25. The van der Waals surface area contributed by atoms with Crippen molar-refractivity contribution in [2.75, 3.05) is 27.1 Å². The van der Waals surface area contributed by atoms with Crippen LogP contribution in [-0.2, 0) is 7.05 Å². The van der Waals surface area contributed by atoms with Crippen molar-refractivity contribution < 1.29 is 19.0 Å². The normalized spacial score (nSPS) is 11.0. The second kappa shape index (κ2) is 7.67. The maximum atomic E-state index is 12.2. The first kappa shape index (κ1) is 20.3. The molecule has 0 aliphatic rings. The molecule has 0 bridgehead atoms. The lowest BCUT2D eigenvalue weighted by molar-refractivity contribution is 0.0924. The molecular formula is C22H23N5O4. The summed E-state index contributed by atoms with van der Waals surface area (Å²) in [6, 6.07) is 7.37. The molecule has 0 saturated carbocycles. The second-order valence-corrected chi connectivity index (χ2v) is 6.98. The van der Waals surface area contributed by atoms with Crippen LogP contribution < -0.4 is 19.9 Å². The van der Waals surface area contributed by atoms with Crippen LogP contribution in [-0.4, -0.2) is 46.6 Å². The lowest BCUT2D eigenvalue weighted by Crippen LogP contribution is -2.11. The zero-order valence-electron chi connectivity index (χ0n) is 18.0. The second-order valence-electron chi connectivity index (χ2n) is 6.98. The van der Waals surface area contributed by atoms with E-state index in [1.807, 2.05) is 29.9 Å². The molecule has 160 valence electrons. The van der Waals surface area contributed by atoms with Crippen LogP contribution in [0.4, 0.5) is 5.82 Å². The Labute approximate surface area is 179 Å². The van der Waals surface area contributed by atoms with Crippen LogP contribution >= 0.6 is 0 Å². The Morgan fingerprint density at radius 1 is 1.10 bits per heavy atom. The van der Waals surface area contributed by atoms with Gasteiger partial charge in [-0.1, -0.05) is 0 Å². The van der Waals surface area contributed by atoms with Gasteiger partial charge in [0, 0.05) is 42.9 Å². The van der Waals surface area contributed by atoms with E-state index in [4.69, 9.17) is 19.9 Å². The van der Waals surface area contributed by atoms with Crippen LogP contribution in [0.3, 0.4) is 0 Å². The number of fused-ring (bicyclic) bond motifs is 1. The van der Waals surface area contributed by atoms with Gasteiger partial charge >= 0.3 is 0 Å². The molecule has 0 fully saturated rings. The number of nitrogens with two attached hydrogens (primary N) is 1. The summed E-state index contributed by atoms with van der Waals surface area (Å²) in [6.45, 7) is 1.41. The zero-order valence-corrected chi connectivity index (χ0v) is 18.0. The van der Waals surface area contributed by atoms with E-state index in [0.29, 0.717) is 34.1 Å². The highest BCUT2D eigenvalue weighted by Crippen LogP contribution is 2.45. The van der Waals surface area contributed by atoms with Gasteiger partial charge in [-0.15, -0.1) is 0 Å². The molecule has 4 rings (SSSR count). The summed E-state index contributed by atoms with van der Waals surface area (Å²) < 4.78 is 19.5. The van der Waals surface area contributed by atoms with Crippen LogP contribution in [0.25, 0.3) is 33.4 Å². The van der Waals surface area contributed by atoms with Crippen molar-refractivity contribution in [1.29, 1.82) is 0 Å². The van der Waals surface area contributed by atoms with E-state index in [2.05, 4.69) is 10.1 Å². The van der Waals surface area contributed by atoms with Gasteiger partial charge in [0.25, 0.3) is 0 Å². The number of methoxy groups -OCH3 is 3. The number of rotatable bonds is 5. The van der Waals surface area contributed by atoms with Crippen LogP contribution in [0.2, 0.25) is 0 Å². The standard InChI is InChI=1S/C22H23N5O4/c1-12(28)27-21(23)18(15-11-26(2)22-14(15)7-6-8-24-22)19(25-27)13-9-16(29-3)20(31-5)17(10-13)30-4/h6-11H,23H2,1-5H3. The minimum absolute atomic E-state index is 0.243. The molecule has 0 saturated heterocycles. The molecule has 0 amide bonds. The fourth-order valence-corrected chi connectivity index (χ4v) is 3.77. The van der Waals surface area contributed by atoms with Gasteiger partial charge in [0.1, 0.15) is 17.2 Å². The van der Waals surface area contributed by atoms with E-state index in [1.165, 1.54) is 18.7 Å². The predicted octanol–water partition coefficient (Wildman–Crippen LogP) is 3.37. The molecule has 0 aliphatic heterocycles. The number of nitrogens with zero attached hydrogens (tertiary/aromatic N) is 4. The number of pyridine rings is 1. The minimum atomic E-state index is -0.296. The third kappa shape index (κ3) is 3.14. The smallest absolute Gasteiger partial charge is 0.245 e. The number of aromatic nitrogens is 4. The Morgan fingerprint density at radius 2 is 1.77 bits per heavy atom. The Balaban J connectivity index is 2.07. The molecule has 2 N–H and O–H groups in total. The molecule has 0 spiro atoms. The highest BCUT2D eigenvalue weighted by molar-refractivity contribution is 6.03. The fraction of sp³-hybridized carbons (Fsp3) is 0.227. The third-order valence-electron chi connectivity index (χ3n) is 5.16. The van der Waals surface area contributed by atoms with Crippen molar-refractivity contribution in [2.45, 2.75) is 6.92 Å². The van der Waals surface area contributed by atoms with Crippen LogP contribution in [0.5, 0.6) is 17.2 Å². The number of benzene rings is 1. The van der Waals surface area contributed by atoms with Gasteiger partial charge in [-0.2, -0.15) is 9.78 Å². The molecule has 3 heterocycles. The van der Waals surface area contributed by atoms with Crippen molar-refractivity contribution in [3.63, 3.8) is 0 Å². The molecule has 9 nitrogen and oxygen atoms in total. The summed E-state index contributed by atoms with van der Waals surface area (Å²) in [6.07, 6.45) is 3.66. The third-order valence-corrected chi connectivity index (χ3v) is 5.16. The first-order valence-electron chi connectivity index (χ1n) is 9.51. The zero-order chi connectivity index (χ0) is 22.3. The maximum Gasteiger partial charge on any atom is 0.245 e. The summed E-state index contributed by atoms with van der Waals surface area (Å²) in [4.78, 5) is 16.7. The monoisotopic (exact) mass is 421 g/mol. The molecule has 1 aromatic carbocycles. The number of nitrogen functional groups attached to an aromatic ring is 1. The average Bonchev–Trinajstić information content (AvgIpc) is 3.29. The lowest BCUT2D eigenvalue weighted by Gasteiger charge is -2.14. The summed E-state index contributed by atoms with van der Waals surface area (Å²) in [5.41, 5.74) is 9.86. The summed E-state index contributed by atoms with van der Waals surface area (Å²) in [7, 11) is 6.53. The number of ether oxygens (including phenoxy) is 3. The van der Waals surface area contributed by atoms with Crippen molar-refractivity contribution in [3.8, 4) is 39.6 Å². The first-order valence-corrected chi connectivity index (χ1v) is 9.51. The van der Waals surface area contributed by atoms with Crippen molar-refractivity contribution in [3.05, 3.63) is 36.7 Å². The van der Waals surface area contributed by atoms with Crippen molar-refractivity contribution in [2.24, 2.45) is 7.05 Å². The number of hydrogen-bond donors (Lipinski definition) is 1. The Hall–Kier alpha value is -4.01. The lowest BCUT2D eigenvalue weighted by atomic mass is 10.00. The molecule has 9 heteroatoms. The SMILES string of the molecule is COc1cc(-c2nn(C(C)=O)c(N)c2-c2cn(C)c3ncccc23)cc(OC)c1OC. The first-order chi connectivity index (χ1) is 14.9. The quantitative estimate of drug-likeness (QED) is 0.526. The number of anilines is 1. The van der Waals surface area contributed by atoms with E-state index >= 15 is 0 Å². The molecule has 0 aliphatic carbocycles. The number of hydrogen-bond acceptors (Lipinski definition) is 7. The van der Waals surface area contributed by atoms with Gasteiger partial charge in [0.05, 0.1) is 26.9 Å². The molecule has 0 unspecified atom stereocenters. The van der Waals surface area contributed by atoms with Gasteiger partial charge in [0.2, 0.25) is 11.7 Å². The average molecular weight is 421 g/mol. The number of aryl methyl sites for hydroxylation is 1. The van der Waals surface area contributed by atoms with E-state index in [0.717, 1.165) is 16.6 Å². The van der Waals surface area contributed by atoms with E-state index in [-0.39, 0.29) is 11.7 Å².